The van der Waals surface area contributed by atoms with Gasteiger partial charge >= 0.3 is 0 Å². The molecule has 2 N–H and O–H groups in total. The predicted octanol–water partition coefficient (Wildman–Crippen LogP) is 4.05. The zero-order valence-electron chi connectivity index (χ0n) is 14.8. The number of thiocarbonyl (C=S) groups is 1. The van der Waals surface area contributed by atoms with Crippen LogP contribution in [0.5, 0.6) is 11.5 Å². The van der Waals surface area contributed by atoms with Crippen molar-refractivity contribution in [1.82, 2.24) is 10.6 Å². The minimum atomic E-state index is -0.283. The number of hydrogen-bond acceptors (Lipinski definition) is 4. The summed E-state index contributed by atoms with van der Waals surface area (Å²) in [6, 6.07) is 12.8. The predicted molar refractivity (Wildman–Crippen MR) is 110 cm³/mol. The van der Waals surface area contributed by atoms with Gasteiger partial charge in [-0.15, -0.1) is 0 Å². The number of methoxy groups -OCH3 is 1. The molecule has 0 saturated carbocycles. The number of carbonyl (C=O) groups excluding carboxylic acids is 1. The Labute approximate surface area is 167 Å². The van der Waals surface area contributed by atoms with Crippen molar-refractivity contribution in [3.8, 4) is 11.5 Å². The zero-order valence-corrected chi connectivity index (χ0v) is 17.2. The van der Waals surface area contributed by atoms with E-state index in [4.69, 9.17) is 21.7 Å². The molecule has 2 aromatic rings. The molecule has 0 saturated heterocycles. The van der Waals surface area contributed by atoms with Gasteiger partial charge in [0.15, 0.2) is 5.11 Å². The molecule has 2 aromatic carbocycles. The average molecular weight is 437 g/mol. The number of benzene rings is 2. The van der Waals surface area contributed by atoms with Gasteiger partial charge in [-0.2, -0.15) is 0 Å². The highest BCUT2D eigenvalue weighted by Gasteiger charge is 2.11. The highest BCUT2D eigenvalue weighted by molar-refractivity contribution is 9.10. The van der Waals surface area contributed by atoms with E-state index in [0.29, 0.717) is 17.9 Å². The van der Waals surface area contributed by atoms with Gasteiger partial charge in [0.25, 0.3) is 5.91 Å². The van der Waals surface area contributed by atoms with Gasteiger partial charge in [-0.25, -0.2) is 0 Å². The van der Waals surface area contributed by atoms with Gasteiger partial charge < -0.3 is 14.8 Å². The summed E-state index contributed by atoms with van der Waals surface area (Å²) < 4.78 is 11.5. The third-order valence-electron chi connectivity index (χ3n) is 3.40. The number of amides is 1. The van der Waals surface area contributed by atoms with Crippen LogP contribution >= 0.6 is 28.1 Å². The van der Waals surface area contributed by atoms with Crippen molar-refractivity contribution in [3.05, 3.63) is 58.1 Å². The third kappa shape index (κ3) is 6.00. The molecule has 0 aliphatic carbocycles. The lowest BCUT2D eigenvalue weighted by atomic mass is 10.2. The Hall–Kier alpha value is -2.12. The largest absolute Gasteiger partial charge is 0.497 e. The van der Waals surface area contributed by atoms with Gasteiger partial charge in [0.2, 0.25) is 0 Å². The molecule has 26 heavy (non-hydrogen) atoms. The smallest absolute Gasteiger partial charge is 0.257 e. The third-order valence-corrected chi connectivity index (χ3v) is 4.26. The van der Waals surface area contributed by atoms with Crippen LogP contribution in [0.25, 0.3) is 0 Å². The number of ether oxygens (including phenoxy) is 2. The van der Waals surface area contributed by atoms with E-state index in [0.717, 1.165) is 15.8 Å². The summed E-state index contributed by atoms with van der Waals surface area (Å²) in [7, 11) is 1.62. The number of halogens is 1. The lowest BCUT2D eigenvalue weighted by Crippen LogP contribution is -2.38. The normalized spacial score (nSPS) is 10.3. The topological polar surface area (TPSA) is 59.6 Å². The van der Waals surface area contributed by atoms with Gasteiger partial charge in [0.1, 0.15) is 11.5 Å². The fourth-order valence-corrected chi connectivity index (χ4v) is 2.77. The Morgan fingerprint density at radius 2 is 1.88 bits per heavy atom. The highest BCUT2D eigenvalue weighted by atomic mass is 79.9. The fourth-order valence-electron chi connectivity index (χ4n) is 2.14. The van der Waals surface area contributed by atoms with Crippen molar-refractivity contribution in [2.24, 2.45) is 0 Å². The molecule has 0 aliphatic heterocycles. The Balaban J connectivity index is 1.89. The summed E-state index contributed by atoms with van der Waals surface area (Å²) in [5.41, 5.74) is 1.52. The van der Waals surface area contributed by atoms with Gasteiger partial charge in [-0.1, -0.05) is 12.1 Å². The number of nitrogens with one attached hydrogen (secondary N) is 2. The van der Waals surface area contributed by atoms with E-state index >= 15 is 0 Å². The molecule has 0 aromatic heterocycles. The summed E-state index contributed by atoms with van der Waals surface area (Å²) in [4.78, 5) is 12.3. The van der Waals surface area contributed by atoms with E-state index < -0.39 is 0 Å². The molecule has 0 aliphatic rings. The maximum Gasteiger partial charge on any atom is 0.257 e. The second-order valence-electron chi connectivity index (χ2n) is 5.80. The molecule has 0 radical (unpaired) electrons. The summed E-state index contributed by atoms with van der Waals surface area (Å²) in [5, 5.41) is 5.95. The van der Waals surface area contributed by atoms with E-state index in [-0.39, 0.29) is 17.1 Å². The van der Waals surface area contributed by atoms with Crippen LogP contribution in [0.1, 0.15) is 29.8 Å². The molecule has 7 heteroatoms. The SMILES string of the molecule is COc1ccc(CNC(=S)NC(=O)c2ccc(OC(C)C)c(Br)c2)cc1. The molecule has 0 unspecified atom stereocenters. The van der Waals surface area contributed by atoms with E-state index in [9.17, 15) is 4.79 Å². The van der Waals surface area contributed by atoms with E-state index in [1.807, 2.05) is 38.1 Å². The average Bonchev–Trinajstić information content (AvgIpc) is 2.61. The molecule has 0 heterocycles. The van der Waals surface area contributed by atoms with Crippen LogP contribution in [-0.2, 0) is 6.54 Å². The van der Waals surface area contributed by atoms with Crippen LogP contribution in [0.15, 0.2) is 46.9 Å². The fraction of sp³-hybridized carbons (Fsp3) is 0.263. The molecule has 5 nitrogen and oxygen atoms in total. The minimum Gasteiger partial charge on any atom is -0.497 e. The van der Waals surface area contributed by atoms with Crippen LogP contribution in [0.3, 0.4) is 0 Å². The first-order valence-corrected chi connectivity index (χ1v) is 9.27. The van der Waals surface area contributed by atoms with Crippen LogP contribution in [0, 0.1) is 0 Å². The van der Waals surface area contributed by atoms with E-state index in [1.165, 1.54) is 0 Å². The van der Waals surface area contributed by atoms with Gasteiger partial charge in [-0.3, -0.25) is 10.1 Å². The van der Waals surface area contributed by atoms with Gasteiger partial charge in [0.05, 0.1) is 17.7 Å². The van der Waals surface area contributed by atoms with E-state index in [2.05, 4.69) is 26.6 Å². The highest BCUT2D eigenvalue weighted by Crippen LogP contribution is 2.26. The van der Waals surface area contributed by atoms with Crippen molar-refractivity contribution in [3.63, 3.8) is 0 Å². The summed E-state index contributed by atoms with van der Waals surface area (Å²) in [6.45, 7) is 4.40. The summed E-state index contributed by atoms with van der Waals surface area (Å²) >= 11 is 8.61. The molecule has 138 valence electrons. The number of rotatable bonds is 6. The Morgan fingerprint density at radius 1 is 1.19 bits per heavy atom. The Kier molecular flexibility index (Phi) is 7.41. The number of carbonyl (C=O) groups is 1. The summed E-state index contributed by atoms with van der Waals surface area (Å²) in [5.74, 6) is 1.20. The molecule has 2 rings (SSSR count). The van der Waals surface area contributed by atoms with Crippen LogP contribution in [-0.4, -0.2) is 24.2 Å². The molecule has 1 amide bonds. The molecular weight excluding hydrogens is 416 g/mol. The van der Waals surface area contributed by atoms with Crippen molar-refractivity contribution in [1.29, 1.82) is 0 Å². The quantitative estimate of drug-likeness (QED) is 0.668. The maximum atomic E-state index is 12.3. The van der Waals surface area contributed by atoms with Crippen LogP contribution in [0.4, 0.5) is 0 Å². The van der Waals surface area contributed by atoms with E-state index in [1.54, 1.807) is 25.3 Å². The first-order chi connectivity index (χ1) is 12.4. The standard InChI is InChI=1S/C19H21BrN2O3S/c1-12(2)25-17-9-6-14(10-16(17)20)18(23)22-19(26)21-11-13-4-7-15(24-3)8-5-13/h4-10,12H,11H2,1-3H3,(H2,21,22,23,26). The van der Waals surface area contributed by atoms with Crippen molar-refractivity contribution in [2.75, 3.05) is 7.11 Å². The second-order valence-corrected chi connectivity index (χ2v) is 7.06. The van der Waals surface area contributed by atoms with Crippen LogP contribution in [0.2, 0.25) is 0 Å². The molecule has 0 fully saturated rings. The minimum absolute atomic E-state index is 0.0562. The maximum absolute atomic E-state index is 12.3. The second kappa shape index (κ2) is 9.54. The van der Waals surface area contributed by atoms with Gasteiger partial charge in [0, 0.05) is 12.1 Å². The van der Waals surface area contributed by atoms with Crippen molar-refractivity contribution in [2.45, 2.75) is 26.5 Å². The number of hydrogen-bond donors (Lipinski definition) is 2. The van der Waals surface area contributed by atoms with Crippen molar-refractivity contribution < 1.29 is 14.3 Å². The molecular formula is C19H21BrN2O3S. The monoisotopic (exact) mass is 436 g/mol. The Bertz CT molecular complexity index is 779. The Morgan fingerprint density at radius 3 is 2.46 bits per heavy atom. The van der Waals surface area contributed by atoms with Crippen LogP contribution < -0.4 is 20.1 Å². The summed E-state index contributed by atoms with van der Waals surface area (Å²) in [6.07, 6.45) is 0.0562. The lowest BCUT2D eigenvalue weighted by molar-refractivity contribution is 0.0976. The first-order valence-electron chi connectivity index (χ1n) is 8.07. The zero-order chi connectivity index (χ0) is 19.1. The first kappa shape index (κ1) is 20.2. The molecule has 0 bridgehead atoms. The molecule has 0 atom stereocenters. The van der Waals surface area contributed by atoms with Gasteiger partial charge in [-0.05, 0) is 77.9 Å². The van der Waals surface area contributed by atoms with Crippen molar-refractivity contribution >= 4 is 39.2 Å². The molecule has 0 spiro atoms. The lowest BCUT2D eigenvalue weighted by Gasteiger charge is -2.13.